The monoisotopic (exact) mass is 574 g/mol. The molecule has 0 bridgehead atoms. The molecule has 0 radical (unpaired) electrons. The lowest BCUT2D eigenvalue weighted by atomic mass is 9.80. The van der Waals surface area contributed by atoms with Gasteiger partial charge in [0.2, 0.25) is 11.8 Å². The van der Waals surface area contributed by atoms with Gasteiger partial charge in [0.15, 0.2) is 24.5 Å². The van der Waals surface area contributed by atoms with Crippen LogP contribution in [-0.2, 0) is 57.2 Å². The van der Waals surface area contributed by atoms with Gasteiger partial charge in [-0.05, 0) is 12.8 Å². The average Bonchev–Trinajstić information content (AvgIpc) is 3.32. The normalized spacial score (nSPS) is 29.3. The van der Waals surface area contributed by atoms with Crippen molar-refractivity contribution in [1.82, 2.24) is 10.6 Å². The summed E-state index contributed by atoms with van der Waals surface area (Å²) in [5, 5.41) is 17.3. The summed E-state index contributed by atoms with van der Waals surface area (Å²) in [5.74, 6) is -4.90. The minimum atomic E-state index is -2.33. The largest absolute Gasteiger partial charge is 0.467 e. The molecule has 0 unspecified atom stereocenters. The van der Waals surface area contributed by atoms with Crippen molar-refractivity contribution in [3.05, 3.63) is 0 Å². The van der Waals surface area contributed by atoms with E-state index in [0.29, 0.717) is 19.3 Å². The van der Waals surface area contributed by atoms with Gasteiger partial charge in [0, 0.05) is 47.3 Å². The van der Waals surface area contributed by atoms with E-state index in [2.05, 4.69) is 10.6 Å². The van der Waals surface area contributed by atoms with Crippen LogP contribution in [0.1, 0.15) is 53.4 Å². The Balaban J connectivity index is 2.48. The third-order valence-corrected chi connectivity index (χ3v) is 6.77. The third kappa shape index (κ3) is 8.35. The molecule has 1 heterocycles. The lowest BCUT2D eigenvalue weighted by Gasteiger charge is -2.49. The van der Waals surface area contributed by atoms with Crippen molar-refractivity contribution in [2.24, 2.45) is 5.92 Å². The number of hydrogen-bond donors (Lipinski definition) is 3. The first-order valence-corrected chi connectivity index (χ1v) is 12.8. The fraction of sp³-hybridized carbons (Fsp3) is 0.760. The SMILES string of the molecule is COC(=O)[C@@H](NC(=O)[C@H]1CCC[C@H]1NC(C)=O)[C@@H]1C[C@@](O)([C@H](COC(C)=O)OC(C)=O)[C@@H](OC(C)=O)[C@@H](OC)O1. The molecule has 8 atom stereocenters. The van der Waals surface area contributed by atoms with E-state index in [1.807, 2.05) is 0 Å². The van der Waals surface area contributed by atoms with Gasteiger partial charge in [-0.25, -0.2) is 4.79 Å². The number of carbonyl (C=O) groups excluding carboxylic acids is 6. The zero-order valence-corrected chi connectivity index (χ0v) is 23.4. The Morgan fingerprint density at radius 1 is 1.00 bits per heavy atom. The first kappa shape index (κ1) is 32.9. The van der Waals surface area contributed by atoms with E-state index in [4.69, 9.17) is 28.4 Å². The van der Waals surface area contributed by atoms with Gasteiger partial charge in [-0.1, -0.05) is 6.42 Å². The first-order chi connectivity index (χ1) is 18.7. The van der Waals surface area contributed by atoms with E-state index >= 15 is 0 Å². The van der Waals surface area contributed by atoms with Crippen LogP contribution in [0.15, 0.2) is 0 Å². The number of carbonyl (C=O) groups is 6. The van der Waals surface area contributed by atoms with Crippen molar-refractivity contribution in [2.75, 3.05) is 20.8 Å². The number of hydrogen-bond acceptors (Lipinski definition) is 13. The molecule has 2 rings (SSSR count). The highest BCUT2D eigenvalue weighted by Gasteiger charge is 2.59. The molecule has 0 aromatic rings. The summed E-state index contributed by atoms with van der Waals surface area (Å²) in [6, 6.07) is -1.96. The Morgan fingerprint density at radius 3 is 2.20 bits per heavy atom. The smallest absolute Gasteiger partial charge is 0.331 e. The molecule has 2 fully saturated rings. The number of ether oxygens (including phenoxy) is 6. The van der Waals surface area contributed by atoms with Crippen LogP contribution >= 0.6 is 0 Å². The quantitative estimate of drug-likeness (QED) is 0.198. The van der Waals surface area contributed by atoms with Gasteiger partial charge in [0.05, 0.1) is 19.1 Å². The Bertz CT molecular complexity index is 972. The van der Waals surface area contributed by atoms with Crippen LogP contribution in [0.2, 0.25) is 0 Å². The third-order valence-electron chi connectivity index (χ3n) is 6.77. The minimum absolute atomic E-state index is 0.307. The molecule has 3 N–H and O–H groups in total. The number of nitrogens with one attached hydrogen (secondary N) is 2. The molecule has 1 saturated heterocycles. The van der Waals surface area contributed by atoms with Crippen LogP contribution in [-0.4, -0.2) is 104 Å². The molecule has 1 aliphatic carbocycles. The van der Waals surface area contributed by atoms with E-state index < -0.39 is 91.0 Å². The van der Waals surface area contributed by atoms with Crippen molar-refractivity contribution in [3.8, 4) is 0 Å². The molecule has 1 saturated carbocycles. The molecular formula is C25H38N2O13. The molecule has 0 spiro atoms. The van der Waals surface area contributed by atoms with Crippen molar-refractivity contribution in [1.29, 1.82) is 0 Å². The van der Waals surface area contributed by atoms with E-state index in [0.717, 1.165) is 27.9 Å². The number of amides is 2. The van der Waals surface area contributed by atoms with Crippen molar-refractivity contribution >= 4 is 35.7 Å². The molecule has 15 nitrogen and oxygen atoms in total. The van der Waals surface area contributed by atoms with Gasteiger partial charge in [-0.2, -0.15) is 0 Å². The maximum Gasteiger partial charge on any atom is 0.331 e. The lowest BCUT2D eigenvalue weighted by molar-refractivity contribution is -0.314. The van der Waals surface area contributed by atoms with Gasteiger partial charge >= 0.3 is 23.9 Å². The van der Waals surface area contributed by atoms with E-state index in [1.54, 1.807) is 0 Å². The van der Waals surface area contributed by atoms with E-state index in [9.17, 15) is 33.9 Å². The average molecular weight is 575 g/mol. The lowest BCUT2D eigenvalue weighted by Crippen LogP contribution is -2.69. The summed E-state index contributed by atoms with van der Waals surface area (Å²) < 4.78 is 31.6. The number of rotatable bonds is 11. The number of esters is 4. The molecule has 2 amide bonds. The molecule has 40 heavy (non-hydrogen) atoms. The standard InChI is InChI=1S/C25H38N2O13/c1-12(28)26-17-9-7-8-16(17)22(32)27-20(23(33)35-5)18-10-25(34,19(38-14(3)30)11-37-13(2)29)21(39-15(4)31)24(36-6)40-18/h16-21,24,34H,7-11H2,1-6H3,(H,26,28)(H,27,32)/t16-,17+,18-,19-,20-,21-,24-,25+/m0/s1. The molecular weight excluding hydrogens is 536 g/mol. The van der Waals surface area contributed by atoms with Crippen LogP contribution in [0, 0.1) is 5.92 Å². The first-order valence-electron chi connectivity index (χ1n) is 12.8. The van der Waals surface area contributed by atoms with Crippen LogP contribution in [0.4, 0.5) is 0 Å². The zero-order chi connectivity index (χ0) is 30.2. The maximum atomic E-state index is 13.3. The van der Waals surface area contributed by atoms with Crippen molar-refractivity contribution in [2.45, 2.75) is 95.7 Å². The maximum absolute atomic E-state index is 13.3. The van der Waals surface area contributed by atoms with Gasteiger partial charge in [0.1, 0.15) is 12.2 Å². The van der Waals surface area contributed by atoms with Crippen LogP contribution in [0.3, 0.4) is 0 Å². The molecule has 0 aromatic heterocycles. The Hall–Kier alpha value is -3.30. The molecule has 15 heteroatoms. The summed E-state index contributed by atoms with van der Waals surface area (Å²) in [6.07, 6.45) is -4.98. The number of aliphatic hydroxyl groups is 1. The summed E-state index contributed by atoms with van der Waals surface area (Å²) in [7, 11) is 2.27. The van der Waals surface area contributed by atoms with Gasteiger partial charge in [0.25, 0.3) is 0 Å². The van der Waals surface area contributed by atoms with Crippen molar-refractivity contribution in [3.63, 3.8) is 0 Å². The Labute approximate surface area is 231 Å². The predicted molar refractivity (Wildman–Crippen MR) is 132 cm³/mol. The summed E-state index contributed by atoms with van der Waals surface area (Å²) in [6.45, 7) is 3.92. The molecule has 0 aromatic carbocycles. The van der Waals surface area contributed by atoms with Gasteiger partial charge < -0.3 is 44.2 Å². The number of methoxy groups -OCH3 is 2. The Morgan fingerprint density at radius 2 is 1.68 bits per heavy atom. The van der Waals surface area contributed by atoms with Crippen LogP contribution in [0.25, 0.3) is 0 Å². The van der Waals surface area contributed by atoms with E-state index in [1.165, 1.54) is 14.0 Å². The second-order valence-corrected chi connectivity index (χ2v) is 9.76. The second kappa shape index (κ2) is 14.4. The fourth-order valence-corrected chi connectivity index (χ4v) is 5.06. The minimum Gasteiger partial charge on any atom is -0.467 e. The van der Waals surface area contributed by atoms with Gasteiger partial charge in [-0.15, -0.1) is 0 Å². The molecule has 226 valence electrons. The Kier molecular flexibility index (Phi) is 11.8. The summed E-state index contributed by atoms with van der Waals surface area (Å²) in [5.41, 5.74) is -2.33. The topological polar surface area (TPSA) is 202 Å². The second-order valence-electron chi connectivity index (χ2n) is 9.76. The molecule has 1 aliphatic heterocycles. The van der Waals surface area contributed by atoms with Crippen molar-refractivity contribution < 1.29 is 62.3 Å². The highest BCUT2D eigenvalue weighted by molar-refractivity contribution is 5.87. The zero-order valence-electron chi connectivity index (χ0n) is 23.4. The summed E-state index contributed by atoms with van der Waals surface area (Å²) >= 11 is 0. The van der Waals surface area contributed by atoms with Crippen LogP contribution in [0.5, 0.6) is 0 Å². The van der Waals surface area contributed by atoms with Crippen LogP contribution < -0.4 is 10.6 Å². The fourth-order valence-electron chi connectivity index (χ4n) is 5.06. The highest BCUT2D eigenvalue weighted by atomic mass is 16.7. The highest BCUT2D eigenvalue weighted by Crippen LogP contribution is 2.38. The predicted octanol–water partition coefficient (Wildman–Crippen LogP) is -1.13. The molecule has 2 aliphatic rings. The summed E-state index contributed by atoms with van der Waals surface area (Å²) in [4.78, 5) is 73.2. The van der Waals surface area contributed by atoms with E-state index in [-0.39, 0.29) is 5.91 Å². The van der Waals surface area contributed by atoms with Gasteiger partial charge in [-0.3, -0.25) is 24.0 Å².